The van der Waals surface area contributed by atoms with E-state index < -0.39 is 23.0 Å². The number of hydrogen-bond donors (Lipinski definition) is 0. The molecule has 2 unspecified atom stereocenters. The molecule has 0 bridgehead atoms. The van der Waals surface area contributed by atoms with E-state index in [0.717, 1.165) is 17.8 Å². The third kappa shape index (κ3) is 3.28. The highest BCUT2D eigenvalue weighted by Gasteiger charge is 2.61. The van der Waals surface area contributed by atoms with Gasteiger partial charge in [-0.25, -0.2) is 9.37 Å². The highest BCUT2D eigenvalue weighted by atomic mass is 19.4. The number of carbonyl (C=O) groups is 1. The lowest BCUT2D eigenvalue weighted by Crippen LogP contribution is -2.48. The summed E-state index contributed by atoms with van der Waals surface area (Å²) in [6.45, 7) is 2.72. The Morgan fingerprint density at radius 1 is 1.20 bits per heavy atom. The van der Waals surface area contributed by atoms with Crippen LogP contribution in [0, 0.1) is 18.7 Å². The van der Waals surface area contributed by atoms with Crippen molar-refractivity contribution in [2.45, 2.75) is 31.5 Å². The summed E-state index contributed by atoms with van der Waals surface area (Å²) in [6, 6.07) is 4.77. The molecule has 4 heterocycles. The van der Waals surface area contributed by atoms with Crippen LogP contribution in [-0.4, -0.2) is 44.6 Å². The van der Waals surface area contributed by atoms with Crippen molar-refractivity contribution in [2.24, 2.45) is 5.92 Å². The fourth-order valence-corrected chi connectivity index (χ4v) is 5.38. The van der Waals surface area contributed by atoms with Crippen LogP contribution in [0.1, 0.15) is 33.7 Å². The molecule has 6 rings (SSSR count). The number of imidazole rings is 1. The van der Waals surface area contributed by atoms with Gasteiger partial charge in [-0.2, -0.15) is 13.2 Å². The maximum Gasteiger partial charge on any atom is 0.419 e. The molecule has 0 N–H and O–H groups in total. The van der Waals surface area contributed by atoms with Crippen LogP contribution >= 0.6 is 0 Å². The number of ether oxygens (including phenoxy) is 1. The van der Waals surface area contributed by atoms with Crippen LogP contribution in [0.2, 0.25) is 0 Å². The summed E-state index contributed by atoms with van der Waals surface area (Å²) in [6.07, 6.45) is -1.05. The molecular formula is C24H20F4N4O3. The van der Waals surface area contributed by atoms with Crippen molar-refractivity contribution in [3.8, 4) is 11.4 Å². The van der Waals surface area contributed by atoms with Gasteiger partial charge < -0.3 is 18.8 Å². The molecule has 0 radical (unpaired) electrons. The minimum Gasteiger partial charge on any atom is -0.493 e. The number of aryl methyl sites for hydroxylation is 1. The van der Waals surface area contributed by atoms with Gasteiger partial charge in [0, 0.05) is 48.8 Å². The molecule has 3 aliphatic rings. The summed E-state index contributed by atoms with van der Waals surface area (Å²) in [7, 11) is 0. The molecule has 2 atom stereocenters. The second kappa shape index (κ2) is 7.19. The van der Waals surface area contributed by atoms with Crippen LogP contribution in [0.15, 0.2) is 41.6 Å². The first-order chi connectivity index (χ1) is 16.6. The van der Waals surface area contributed by atoms with Gasteiger partial charge in [-0.1, -0.05) is 0 Å². The van der Waals surface area contributed by atoms with Crippen LogP contribution in [0.3, 0.4) is 0 Å². The number of rotatable bonds is 3. The Morgan fingerprint density at radius 3 is 2.71 bits per heavy atom. The van der Waals surface area contributed by atoms with Gasteiger partial charge in [-0.3, -0.25) is 9.59 Å². The molecule has 1 fully saturated rings. The predicted molar refractivity (Wildman–Crippen MR) is 115 cm³/mol. The molecule has 2 aromatic heterocycles. The minimum absolute atomic E-state index is 0.0645. The zero-order valence-corrected chi connectivity index (χ0v) is 18.6. The van der Waals surface area contributed by atoms with Gasteiger partial charge in [0.2, 0.25) is 0 Å². The second-order valence-corrected chi connectivity index (χ2v) is 9.40. The van der Waals surface area contributed by atoms with Crippen molar-refractivity contribution in [3.63, 3.8) is 0 Å². The fourth-order valence-electron chi connectivity index (χ4n) is 5.38. The summed E-state index contributed by atoms with van der Waals surface area (Å²) in [5.74, 6) is -1.72. The fraction of sp³-hybridized carbons (Fsp3) is 0.375. The molecule has 0 saturated heterocycles. The average Bonchev–Trinajstić information content (AvgIpc) is 3.36. The monoisotopic (exact) mass is 488 g/mol. The zero-order valence-electron chi connectivity index (χ0n) is 18.6. The summed E-state index contributed by atoms with van der Waals surface area (Å²) in [5, 5.41) is 0. The third-order valence-corrected chi connectivity index (χ3v) is 7.30. The lowest BCUT2D eigenvalue weighted by molar-refractivity contribution is -0.140. The maximum absolute atomic E-state index is 14.1. The molecule has 0 spiro atoms. The van der Waals surface area contributed by atoms with Gasteiger partial charge in [0.15, 0.2) is 0 Å². The van der Waals surface area contributed by atoms with Crippen molar-refractivity contribution in [1.29, 1.82) is 0 Å². The summed E-state index contributed by atoms with van der Waals surface area (Å²) in [5.41, 5.74) is -0.766. The first kappa shape index (κ1) is 21.9. The van der Waals surface area contributed by atoms with Gasteiger partial charge in [0.05, 0.1) is 24.2 Å². The van der Waals surface area contributed by atoms with E-state index >= 15 is 0 Å². The number of benzene rings is 1. The number of fused-ring (bicyclic) bond motifs is 4. The molecule has 35 heavy (non-hydrogen) atoms. The molecule has 182 valence electrons. The first-order valence-electron chi connectivity index (χ1n) is 11.2. The minimum atomic E-state index is -4.84. The van der Waals surface area contributed by atoms with Crippen LogP contribution in [0.4, 0.5) is 17.6 Å². The lowest BCUT2D eigenvalue weighted by Gasteiger charge is -2.35. The molecule has 3 aromatic rings. The Bertz CT molecular complexity index is 1440. The van der Waals surface area contributed by atoms with Crippen LogP contribution in [0.5, 0.6) is 5.75 Å². The highest BCUT2D eigenvalue weighted by Crippen LogP contribution is 2.60. The molecule has 7 nitrogen and oxygen atoms in total. The van der Waals surface area contributed by atoms with E-state index in [2.05, 4.69) is 4.98 Å². The number of aromatic nitrogens is 3. The summed E-state index contributed by atoms with van der Waals surface area (Å²) < 4.78 is 62.8. The van der Waals surface area contributed by atoms with Gasteiger partial charge >= 0.3 is 6.18 Å². The van der Waals surface area contributed by atoms with E-state index in [0.29, 0.717) is 12.1 Å². The Kier molecular flexibility index (Phi) is 4.49. The standard InChI is InChI=1S/C24H20F4N4O3/c1-13-9-31(12-29-13)18-2-3-19-21(33)30(4-5-32(19)22(18)34)11-23-8-14(23)10-35-20-7-17(25)15(6-16(20)23)24(26,27)28/h2-3,6-7,9,12,14H,4-5,8,10-11H2,1H3. The number of carbonyl (C=O) groups excluding carboxylic acids is 1. The molecule has 1 aromatic carbocycles. The van der Waals surface area contributed by atoms with E-state index in [9.17, 15) is 27.2 Å². The van der Waals surface area contributed by atoms with Crippen molar-refractivity contribution in [1.82, 2.24) is 19.0 Å². The number of nitrogens with zero attached hydrogens (tertiary/aromatic N) is 4. The van der Waals surface area contributed by atoms with Gasteiger partial charge in [-0.15, -0.1) is 0 Å². The Labute approximate surface area is 196 Å². The Hall–Kier alpha value is -3.63. The van der Waals surface area contributed by atoms with Crippen LogP contribution in [-0.2, 0) is 18.1 Å². The van der Waals surface area contributed by atoms with E-state index in [-0.39, 0.29) is 60.6 Å². The molecule has 1 aliphatic carbocycles. The molecule has 11 heteroatoms. The van der Waals surface area contributed by atoms with Crippen LogP contribution in [0.25, 0.3) is 5.69 Å². The smallest absolute Gasteiger partial charge is 0.419 e. The maximum atomic E-state index is 14.1. The van der Waals surface area contributed by atoms with Gasteiger partial charge in [0.25, 0.3) is 11.5 Å². The quantitative estimate of drug-likeness (QED) is 0.531. The predicted octanol–water partition coefficient (Wildman–Crippen LogP) is 3.31. The number of halogens is 4. The SMILES string of the molecule is Cc1cn(-c2ccc3n(c2=O)CCN(CC24CC2COc2cc(F)c(C(F)(F)F)cc24)C3=O)cn1. The van der Waals surface area contributed by atoms with Gasteiger partial charge in [0.1, 0.15) is 22.9 Å². The number of hydrogen-bond acceptors (Lipinski definition) is 4. The highest BCUT2D eigenvalue weighted by molar-refractivity contribution is 5.93. The number of alkyl halides is 3. The van der Waals surface area contributed by atoms with E-state index in [1.54, 1.807) is 34.7 Å². The Morgan fingerprint density at radius 2 is 2.00 bits per heavy atom. The lowest BCUT2D eigenvalue weighted by atomic mass is 9.88. The van der Waals surface area contributed by atoms with Crippen molar-refractivity contribution in [3.05, 3.63) is 75.5 Å². The topological polar surface area (TPSA) is 69.4 Å². The van der Waals surface area contributed by atoms with Crippen molar-refractivity contribution < 1.29 is 27.1 Å². The normalized spacial score (nSPS) is 22.8. The molecule has 1 saturated carbocycles. The Balaban J connectivity index is 1.33. The van der Waals surface area contributed by atoms with Crippen molar-refractivity contribution in [2.75, 3.05) is 19.7 Å². The zero-order chi connectivity index (χ0) is 24.7. The summed E-state index contributed by atoms with van der Waals surface area (Å²) in [4.78, 5) is 32.1. The van der Waals surface area contributed by atoms with E-state index in [1.165, 1.54) is 10.9 Å². The van der Waals surface area contributed by atoms with Gasteiger partial charge in [-0.05, 0) is 31.5 Å². The summed E-state index contributed by atoms with van der Waals surface area (Å²) >= 11 is 0. The molecular weight excluding hydrogens is 468 g/mol. The van der Waals surface area contributed by atoms with Crippen LogP contribution < -0.4 is 10.3 Å². The largest absolute Gasteiger partial charge is 0.493 e. The third-order valence-electron chi connectivity index (χ3n) is 7.30. The second-order valence-electron chi connectivity index (χ2n) is 9.40. The number of amides is 1. The molecule has 1 amide bonds. The molecule has 2 aliphatic heterocycles. The van der Waals surface area contributed by atoms with Crippen molar-refractivity contribution >= 4 is 5.91 Å². The number of pyridine rings is 1. The van der Waals surface area contributed by atoms with E-state index in [1.807, 2.05) is 0 Å². The first-order valence-corrected chi connectivity index (χ1v) is 11.2. The van der Waals surface area contributed by atoms with E-state index in [4.69, 9.17) is 4.74 Å². The average molecular weight is 488 g/mol.